The fourth-order valence-corrected chi connectivity index (χ4v) is 4.37. The second-order valence-electron chi connectivity index (χ2n) is 4.91. The average molecular weight is 282 g/mol. The van der Waals surface area contributed by atoms with Crippen molar-refractivity contribution in [1.82, 2.24) is 4.31 Å². The van der Waals surface area contributed by atoms with Crippen LogP contribution in [0.5, 0.6) is 0 Å². The third kappa shape index (κ3) is 2.13. The van der Waals surface area contributed by atoms with Crippen molar-refractivity contribution in [3.8, 4) is 0 Å². The minimum Gasteiger partial charge on any atom is -0.379 e. The Morgan fingerprint density at radius 3 is 2.63 bits per heavy atom. The molecule has 0 spiro atoms. The summed E-state index contributed by atoms with van der Waals surface area (Å²) in [4.78, 5) is 0. The predicted molar refractivity (Wildman–Crippen MR) is 73.5 cm³/mol. The molecule has 0 N–H and O–H groups in total. The highest BCUT2D eigenvalue weighted by atomic mass is 32.2. The van der Waals surface area contributed by atoms with Crippen molar-refractivity contribution in [2.24, 2.45) is 0 Å². The van der Waals surface area contributed by atoms with E-state index in [1.54, 1.807) is 4.31 Å². The molecular weight excluding hydrogens is 264 g/mol. The van der Waals surface area contributed by atoms with Crippen molar-refractivity contribution in [2.45, 2.75) is 13.3 Å². The van der Waals surface area contributed by atoms with Crippen LogP contribution in [0.4, 0.5) is 5.69 Å². The topological polar surface area (TPSA) is 49.9 Å². The molecule has 5 nitrogen and oxygen atoms in total. The molecule has 0 atom stereocenters. The number of morpholine rings is 1. The summed E-state index contributed by atoms with van der Waals surface area (Å²) in [5.74, 6) is 0. The van der Waals surface area contributed by atoms with Crippen molar-refractivity contribution in [1.29, 1.82) is 0 Å². The highest BCUT2D eigenvalue weighted by Crippen LogP contribution is 2.33. The number of rotatable bonds is 2. The molecule has 0 aromatic heterocycles. The summed E-state index contributed by atoms with van der Waals surface area (Å²) in [5.41, 5.74) is 3.16. The van der Waals surface area contributed by atoms with Gasteiger partial charge in [0.2, 0.25) is 0 Å². The first-order valence-corrected chi connectivity index (χ1v) is 7.94. The van der Waals surface area contributed by atoms with Crippen LogP contribution >= 0.6 is 0 Å². The van der Waals surface area contributed by atoms with Gasteiger partial charge in [0, 0.05) is 19.6 Å². The van der Waals surface area contributed by atoms with Crippen molar-refractivity contribution in [3.63, 3.8) is 0 Å². The van der Waals surface area contributed by atoms with Crippen LogP contribution in [0.2, 0.25) is 0 Å². The Kier molecular flexibility index (Phi) is 3.24. The fraction of sp³-hybridized carbons (Fsp3) is 0.538. The number of nitrogens with zero attached hydrogens (tertiary/aromatic N) is 2. The maximum Gasteiger partial charge on any atom is 0.304 e. The van der Waals surface area contributed by atoms with E-state index in [1.165, 1.54) is 4.31 Å². The quantitative estimate of drug-likeness (QED) is 0.811. The van der Waals surface area contributed by atoms with Gasteiger partial charge in [0.05, 0.1) is 18.9 Å². The number of hydrogen-bond donors (Lipinski definition) is 0. The molecule has 0 radical (unpaired) electrons. The first-order valence-electron chi connectivity index (χ1n) is 6.55. The zero-order valence-electron chi connectivity index (χ0n) is 11.0. The standard InChI is InChI=1S/C13H18N2O3S/c1-11-3-2-4-13-12(11)5-6-15(13)19(16,17)14-7-9-18-10-8-14/h2-4H,5-10H2,1H3. The molecule has 1 fully saturated rings. The van der Waals surface area contributed by atoms with E-state index in [1.807, 2.05) is 25.1 Å². The molecule has 3 rings (SSSR count). The Balaban J connectivity index is 1.94. The lowest BCUT2D eigenvalue weighted by Crippen LogP contribution is -2.48. The van der Waals surface area contributed by atoms with Gasteiger partial charge in [-0.05, 0) is 30.5 Å². The fourth-order valence-electron chi connectivity index (χ4n) is 2.74. The average Bonchev–Trinajstić information content (AvgIpc) is 2.86. The zero-order chi connectivity index (χ0) is 13.5. The Bertz CT molecular complexity index is 580. The van der Waals surface area contributed by atoms with Crippen molar-refractivity contribution >= 4 is 15.9 Å². The van der Waals surface area contributed by atoms with Crippen LogP contribution in [0, 0.1) is 6.92 Å². The largest absolute Gasteiger partial charge is 0.379 e. The van der Waals surface area contributed by atoms with Gasteiger partial charge in [-0.1, -0.05) is 12.1 Å². The molecule has 1 aromatic carbocycles. The van der Waals surface area contributed by atoms with Crippen molar-refractivity contribution in [3.05, 3.63) is 29.3 Å². The molecule has 104 valence electrons. The molecule has 0 unspecified atom stereocenters. The van der Waals surface area contributed by atoms with E-state index in [0.717, 1.165) is 23.2 Å². The van der Waals surface area contributed by atoms with Crippen LogP contribution < -0.4 is 4.31 Å². The molecule has 0 amide bonds. The number of hydrogen-bond acceptors (Lipinski definition) is 3. The summed E-state index contributed by atoms with van der Waals surface area (Å²) >= 11 is 0. The second kappa shape index (κ2) is 4.77. The lowest BCUT2D eigenvalue weighted by Gasteiger charge is -2.31. The molecule has 0 aliphatic carbocycles. The Morgan fingerprint density at radius 1 is 1.16 bits per heavy atom. The molecule has 0 bridgehead atoms. The van der Waals surface area contributed by atoms with Gasteiger partial charge in [-0.3, -0.25) is 4.31 Å². The van der Waals surface area contributed by atoms with Crippen LogP contribution in [-0.4, -0.2) is 45.6 Å². The Hall–Kier alpha value is -1.11. The van der Waals surface area contributed by atoms with Crippen LogP contribution in [0.1, 0.15) is 11.1 Å². The highest BCUT2D eigenvalue weighted by Gasteiger charge is 2.35. The molecule has 2 aliphatic heterocycles. The van der Waals surface area contributed by atoms with Crippen molar-refractivity contribution < 1.29 is 13.2 Å². The summed E-state index contributed by atoms with van der Waals surface area (Å²) in [6.07, 6.45) is 0.797. The van der Waals surface area contributed by atoms with Crippen LogP contribution in [-0.2, 0) is 21.4 Å². The first kappa shape index (κ1) is 12.9. The van der Waals surface area contributed by atoms with E-state index in [2.05, 4.69) is 0 Å². The monoisotopic (exact) mass is 282 g/mol. The summed E-state index contributed by atoms with van der Waals surface area (Å²) < 4.78 is 33.6. The molecule has 1 saturated heterocycles. The Morgan fingerprint density at radius 2 is 1.89 bits per heavy atom. The third-order valence-electron chi connectivity index (χ3n) is 3.79. The number of aryl methyl sites for hydroxylation is 1. The van der Waals surface area contributed by atoms with Crippen LogP contribution in [0.25, 0.3) is 0 Å². The molecular formula is C13H18N2O3S. The number of ether oxygens (including phenoxy) is 1. The van der Waals surface area contributed by atoms with Gasteiger partial charge < -0.3 is 4.74 Å². The SMILES string of the molecule is Cc1cccc2c1CCN2S(=O)(=O)N1CCOCC1. The van der Waals surface area contributed by atoms with E-state index in [9.17, 15) is 8.42 Å². The highest BCUT2D eigenvalue weighted by molar-refractivity contribution is 7.90. The molecule has 2 heterocycles. The molecule has 19 heavy (non-hydrogen) atoms. The summed E-state index contributed by atoms with van der Waals surface area (Å²) in [5, 5.41) is 0. The lowest BCUT2D eigenvalue weighted by atomic mass is 10.1. The van der Waals surface area contributed by atoms with Gasteiger partial charge in [-0.25, -0.2) is 0 Å². The van der Waals surface area contributed by atoms with E-state index in [4.69, 9.17) is 4.74 Å². The van der Waals surface area contributed by atoms with Gasteiger partial charge in [-0.15, -0.1) is 0 Å². The van der Waals surface area contributed by atoms with E-state index < -0.39 is 10.2 Å². The molecule has 0 saturated carbocycles. The van der Waals surface area contributed by atoms with E-state index in [0.29, 0.717) is 32.8 Å². The summed E-state index contributed by atoms with van der Waals surface area (Å²) in [6, 6.07) is 5.85. The van der Waals surface area contributed by atoms with Gasteiger partial charge >= 0.3 is 10.2 Å². The van der Waals surface area contributed by atoms with Crippen LogP contribution in [0.15, 0.2) is 18.2 Å². The number of benzene rings is 1. The number of fused-ring (bicyclic) bond motifs is 1. The van der Waals surface area contributed by atoms with Gasteiger partial charge in [-0.2, -0.15) is 12.7 Å². The smallest absolute Gasteiger partial charge is 0.304 e. The minimum absolute atomic E-state index is 0.444. The molecule has 1 aromatic rings. The summed E-state index contributed by atoms with van der Waals surface area (Å²) in [7, 11) is -3.41. The van der Waals surface area contributed by atoms with Crippen molar-refractivity contribution in [2.75, 3.05) is 37.2 Å². The first-order chi connectivity index (χ1) is 9.10. The van der Waals surface area contributed by atoms with Gasteiger partial charge in [0.1, 0.15) is 0 Å². The van der Waals surface area contributed by atoms with E-state index >= 15 is 0 Å². The zero-order valence-corrected chi connectivity index (χ0v) is 11.8. The second-order valence-corrected chi connectivity index (χ2v) is 6.77. The Labute approximate surface area is 114 Å². The molecule has 2 aliphatic rings. The predicted octanol–water partition coefficient (Wildman–Crippen LogP) is 0.935. The summed E-state index contributed by atoms with van der Waals surface area (Å²) in [6.45, 7) is 4.42. The lowest BCUT2D eigenvalue weighted by molar-refractivity contribution is 0.0729. The maximum atomic E-state index is 12.7. The minimum atomic E-state index is -3.41. The van der Waals surface area contributed by atoms with Gasteiger partial charge in [0.15, 0.2) is 0 Å². The van der Waals surface area contributed by atoms with Crippen LogP contribution in [0.3, 0.4) is 0 Å². The number of anilines is 1. The third-order valence-corrected chi connectivity index (χ3v) is 5.75. The van der Waals surface area contributed by atoms with Gasteiger partial charge in [0.25, 0.3) is 0 Å². The molecule has 6 heteroatoms. The van der Waals surface area contributed by atoms with E-state index in [-0.39, 0.29) is 0 Å². The maximum absolute atomic E-state index is 12.7. The normalized spacial score (nSPS) is 20.6.